The van der Waals surface area contributed by atoms with E-state index in [9.17, 15) is 9.59 Å². The van der Waals surface area contributed by atoms with Crippen molar-refractivity contribution in [1.82, 2.24) is 54.2 Å². The number of likely N-dealkylation sites (tertiary alicyclic amines) is 2. The number of nitrogens with two attached hydrogens (primary N) is 1. The molecule has 17 heteroatoms. The molecule has 6 heterocycles. The summed E-state index contributed by atoms with van der Waals surface area (Å²) in [6.45, 7) is 3.09. The monoisotopic (exact) mass is 921 g/mol. The van der Waals surface area contributed by atoms with Crippen LogP contribution in [0.5, 0.6) is 23.0 Å². The van der Waals surface area contributed by atoms with E-state index in [1.54, 1.807) is 18.2 Å². The van der Waals surface area contributed by atoms with Crippen LogP contribution < -0.4 is 20.5 Å². The molecule has 348 valence electrons. The van der Waals surface area contributed by atoms with Gasteiger partial charge in [0.25, 0.3) is 0 Å². The number of hydrogen-bond donors (Lipinski definition) is 2. The third-order valence-electron chi connectivity index (χ3n) is 12.2. The number of ether oxygens (including phenoxy) is 2. The molecule has 4 aromatic carbocycles. The Morgan fingerprint density at radius 2 is 1.12 bits per heavy atom. The highest BCUT2D eigenvalue weighted by molar-refractivity contribution is 6.00. The molecule has 2 amide bonds. The summed E-state index contributed by atoms with van der Waals surface area (Å²) in [6.07, 6.45) is 11.3. The van der Waals surface area contributed by atoms with Crippen LogP contribution in [0.4, 0.5) is 11.6 Å². The van der Waals surface area contributed by atoms with Gasteiger partial charge in [0.15, 0.2) is 11.3 Å². The molecule has 10 rings (SSSR count). The lowest BCUT2D eigenvalue weighted by atomic mass is 10.1. The van der Waals surface area contributed by atoms with Crippen molar-refractivity contribution in [2.75, 3.05) is 64.4 Å². The molecule has 0 unspecified atom stereocenters. The fourth-order valence-electron chi connectivity index (χ4n) is 8.80. The average molecular weight is 922 g/mol. The Morgan fingerprint density at radius 3 is 1.65 bits per heavy atom. The van der Waals surface area contributed by atoms with E-state index in [4.69, 9.17) is 30.4 Å². The number of carbonyl (C=O) groups is 2. The summed E-state index contributed by atoms with van der Waals surface area (Å²) in [7, 11) is 3.93. The van der Waals surface area contributed by atoms with Gasteiger partial charge in [-0.1, -0.05) is 48.6 Å². The number of nitrogens with one attached hydrogen (secondary N) is 1. The highest BCUT2D eigenvalue weighted by atomic mass is 16.5. The molecule has 8 aromatic rings. The van der Waals surface area contributed by atoms with Crippen molar-refractivity contribution in [2.45, 2.75) is 24.9 Å². The number of fused-ring (bicyclic) bond motifs is 2. The SMILES string of the molecule is CN(C)C/C=C/C(=O)N1CC[C@@H](n2nc(-c3ccc(Oc4ccccc4)cc3)c3c(NC/C=C/C(=O)N4CC[C@@H](n5nc(-c6ccc(Oc7ccccc7)cc6)c6c(N)ncnc65)C4)ncnc32)C1. The van der Waals surface area contributed by atoms with Crippen molar-refractivity contribution in [1.29, 1.82) is 0 Å². The minimum absolute atomic E-state index is 0.0237. The molecule has 2 fully saturated rings. The third kappa shape index (κ3) is 9.71. The second-order valence-corrected chi connectivity index (χ2v) is 17.2. The van der Waals surface area contributed by atoms with Crippen LogP contribution in [0, 0.1) is 0 Å². The van der Waals surface area contributed by atoms with E-state index in [0.29, 0.717) is 96.9 Å². The quantitative estimate of drug-likeness (QED) is 0.0950. The molecular formula is C52H51N13O4. The lowest BCUT2D eigenvalue weighted by molar-refractivity contribution is -0.125. The number of nitrogen functional groups attached to an aromatic ring is 1. The molecule has 0 spiro atoms. The minimum atomic E-state index is -0.125. The Morgan fingerprint density at radius 1 is 0.638 bits per heavy atom. The summed E-state index contributed by atoms with van der Waals surface area (Å²) in [5, 5.41) is 15.0. The summed E-state index contributed by atoms with van der Waals surface area (Å²) in [6, 6.07) is 34.4. The maximum Gasteiger partial charge on any atom is 0.246 e. The molecule has 2 saturated heterocycles. The number of carbonyl (C=O) groups excluding carboxylic acids is 2. The summed E-state index contributed by atoms with van der Waals surface area (Å²) in [5.74, 6) is 3.63. The zero-order valence-electron chi connectivity index (χ0n) is 38.3. The molecule has 0 radical (unpaired) electrons. The smallest absolute Gasteiger partial charge is 0.246 e. The third-order valence-corrected chi connectivity index (χ3v) is 12.2. The largest absolute Gasteiger partial charge is 0.457 e. The summed E-state index contributed by atoms with van der Waals surface area (Å²) < 4.78 is 15.9. The fourth-order valence-corrected chi connectivity index (χ4v) is 8.80. The number of benzene rings is 4. The highest BCUT2D eigenvalue weighted by Crippen LogP contribution is 2.37. The van der Waals surface area contributed by atoms with Gasteiger partial charge in [-0.15, -0.1) is 0 Å². The van der Waals surface area contributed by atoms with Crippen molar-refractivity contribution in [3.8, 4) is 45.5 Å². The first-order valence-electron chi connectivity index (χ1n) is 22.9. The van der Waals surface area contributed by atoms with E-state index in [0.717, 1.165) is 34.4 Å². The predicted octanol–water partition coefficient (Wildman–Crippen LogP) is 7.80. The summed E-state index contributed by atoms with van der Waals surface area (Å²) >= 11 is 0. The Balaban J connectivity index is 0.844. The molecule has 69 heavy (non-hydrogen) atoms. The van der Waals surface area contributed by atoms with E-state index in [1.165, 1.54) is 12.7 Å². The molecule has 4 aromatic heterocycles. The summed E-state index contributed by atoms with van der Waals surface area (Å²) in [4.78, 5) is 50.8. The van der Waals surface area contributed by atoms with Crippen LogP contribution >= 0.6 is 0 Å². The molecular weight excluding hydrogens is 871 g/mol. The van der Waals surface area contributed by atoms with Gasteiger partial charge in [-0.3, -0.25) is 9.59 Å². The van der Waals surface area contributed by atoms with Crippen molar-refractivity contribution in [2.24, 2.45) is 0 Å². The zero-order valence-corrected chi connectivity index (χ0v) is 38.3. The maximum absolute atomic E-state index is 13.7. The van der Waals surface area contributed by atoms with Crippen LogP contribution in [0.15, 0.2) is 146 Å². The van der Waals surface area contributed by atoms with Crippen LogP contribution in [0.3, 0.4) is 0 Å². The Hall–Kier alpha value is -8.44. The van der Waals surface area contributed by atoms with Crippen molar-refractivity contribution >= 4 is 45.5 Å². The normalized spacial score (nSPS) is 16.2. The lowest BCUT2D eigenvalue weighted by Crippen LogP contribution is -2.28. The van der Waals surface area contributed by atoms with Gasteiger partial charge in [0.2, 0.25) is 11.8 Å². The fraction of sp³-hybridized carbons (Fsp3) is 0.231. The number of nitrogens with zero attached hydrogens (tertiary/aromatic N) is 11. The van der Waals surface area contributed by atoms with Crippen molar-refractivity contribution in [3.05, 3.63) is 146 Å². The number of para-hydroxylation sites is 2. The Labute approximate surface area is 398 Å². The topological polar surface area (TPSA) is 188 Å². The van der Waals surface area contributed by atoms with Crippen LogP contribution in [0.2, 0.25) is 0 Å². The standard InChI is InChI=1S/C52H51N13O4/c1-61(2)28-10-16-44(67)63-30-26-38(32-63)65-52-46(48(60-65)36-19-23-42(24-20-36)69-40-13-7-4-8-14-40)50(56-34-58-52)54-27-9-15-43(66)62-29-25-37(31-62)64-51-45(49(53)55-33-57-51)47(59-64)35-17-21-41(22-18-35)68-39-11-5-3-6-12-39/h3-24,33-34,37-38H,25-32H2,1-2H3,(H2,53,55,57)(H,54,56,58)/b15-9+,16-10+/t37-,38-/m1/s1. The minimum Gasteiger partial charge on any atom is -0.457 e. The molecule has 0 bridgehead atoms. The number of hydrogen-bond acceptors (Lipinski definition) is 13. The van der Waals surface area contributed by atoms with Gasteiger partial charge < -0.3 is 35.2 Å². The molecule has 2 atom stereocenters. The molecule has 2 aliphatic rings. The van der Waals surface area contributed by atoms with Crippen molar-refractivity contribution in [3.63, 3.8) is 0 Å². The van der Waals surface area contributed by atoms with Gasteiger partial charge in [0.05, 0.1) is 22.9 Å². The van der Waals surface area contributed by atoms with Crippen LogP contribution in [-0.2, 0) is 9.59 Å². The summed E-state index contributed by atoms with van der Waals surface area (Å²) in [5.41, 5.74) is 10.7. The Bertz CT molecular complexity index is 3150. The predicted molar refractivity (Wildman–Crippen MR) is 265 cm³/mol. The second kappa shape index (κ2) is 19.8. The first-order chi connectivity index (χ1) is 33.8. The Kier molecular flexibility index (Phi) is 12.7. The van der Waals surface area contributed by atoms with Crippen molar-refractivity contribution < 1.29 is 19.1 Å². The van der Waals surface area contributed by atoms with E-state index in [2.05, 4.69) is 20.3 Å². The van der Waals surface area contributed by atoms with E-state index >= 15 is 0 Å². The highest BCUT2D eigenvalue weighted by Gasteiger charge is 2.32. The van der Waals surface area contributed by atoms with E-state index in [-0.39, 0.29) is 23.9 Å². The van der Waals surface area contributed by atoms with Gasteiger partial charge in [0, 0.05) is 62.5 Å². The van der Waals surface area contributed by atoms with Crippen LogP contribution in [0.1, 0.15) is 24.9 Å². The number of likely N-dealkylation sites (N-methyl/N-ethyl adjacent to an activating group) is 1. The van der Waals surface area contributed by atoms with Crippen LogP contribution in [0.25, 0.3) is 44.6 Å². The van der Waals surface area contributed by atoms with E-state index < -0.39 is 0 Å². The number of rotatable bonds is 15. The maximum atomic E-state index is 13.7. The second-order valence-electron chi connectivity index (χ2n) is 17.2. The molecule has 0 saturated carbocycles. The van der Waals surface area contributed by atoms with Gasteiger partial charge in [-0.25, -0.2) is 29.3 Å². The van der Waals surface area contributed by atoms with Gasteiger partial charge in [0.1, 0.15) is 58.7 Å². The molecule has 0 aliphatic carbocycles. The zero-order chi connectivity index (χ0) is 47.3. The number of anilines is 2. The number of amides is 2. The van der Waals surface area contributed by atoms with Gasteiger partial charge >= 0.3 is 0 Å². The van der Waals surface area contributed by atoms with Gasteiger partial charge in [-0.05, 0) is 99.7 Å². The van der Waals surface area contributed by atoms with Crippen LogP contribution in [-0.4, -0.2) is 119 Å². The van der Waals surface area contributed by atoms with E-state index in [1.807, 2.05) is 153 Å². The molecule has 3 N–H and O–H groups in total. The van der Waals surface area contributed by atoms with Gasteiger partial charge in [-0.2, -0.15) is 10.2 Å². The average Bonchev–Trinajstić information content (AvgIpc) is 4.20. The molecule has 2 aliphatic heterocycles. The lowest BCUT2D eigenvalue weighted by Gasteiger charge is -2.15. The molecule has 17 nitrogen and oxygen atoms in total. The first kappa shape index (κ1) is 44.4. The first-order valence-corrected chi connectivity index (χ1v) is 22.9. The number of aromatic nitrogens is 8.